The van der Waals surface area contributed by atoms with Crippen LogP contribution in [0.4, 0.5) is 0 Å². The van der Waals surface area contributed by atoms with Crippen molar-refractivity contribution in [1.29, 1.82) is 0 Å². The van der Waals surface area contributed by atoms with Gasteiger partial charge in [-0.1, -0.05) is 41.9 Å². The van der Waals surface area contributed by atoms with Gasteiger partial charge in [-0.2, -0.15) is 5.10 Å². The van der Waals surface area contributed by atoms with E-state index < -0.39 is 5.97 Å². The molecular weight excluding hydrogens is 328 g/mol. The lowest BCUT2D eigenvalue weighted by Gasteiger charge is -2.03. The number of nitrogens with zero attached hydrogens (tertiary/aromatic N) is 4. The number of aromatic nitrogens is 4. The number of esters is 1. The van der Waals surface area contributed by atoms with Crippen LogP contribution in [0.15, 0.2) is 42.6 Å². The SMILES string of the molecule is CCOC(=O)c1cn(-c2nnc(Cl)cc2C)nc1-c1ccccc1. The summed E-state index contributed by atoms with van der Waals surface area (Å²) in [6.45, 7) is 3.90. The fourth-order valence-corrected chi connectivity index (χ4v) is 2.52. The second-order valence-electron chi connectivity index (χ2n) is 5.10. The largest absolute Gasteiger partial charge is 0.462 e. The fraction of sp³-hybridized carbons (Fsp3) is 0.176. The molecule has 6 nitrogen and oxygen atoms in total. The number of halogens is 1. The van der Waals surface area contributed by atoms with Crippen molar-refractivity contribution in [2.45, 2.75) is 13.8 Å². The van der Waals surface area contributed by atoms with Crippen molar-refractivity contribution in [3.63, 3.8) is 0 Å². The van der Waals surface area contributed by atoms with E-state index in [1.807, 2.05) is 37.3 Å². The van der Waals surface area contributed by atoms with E-state index in [1.54, 1.807) is 19.2 Å². The molecule has 0 spiro atoms. The van der Waals surface area contributed by atoms with Crippen molar-refractivity contribution in [3.05, 3.63) is 58.9 Å². The number of carbonyl (C=O) groups is 1. The highest BCUT2D eigenvalue weighted by atomic mass is 35.5. The van der Waals surface area contributed by atoms with Crippen LogP contribution in [0.5, 0.6) is 0 Å². The molecule has 7 heteroatoms. The molecule has 3 aromatic rings. The Hall–Kier alpha value is -2.73. The van der Waals surface area contributed by atoms with Crippen LogP contribution in [0.1, 0.15) is 22.8 Å². The molecular formula is C17H15ClN4O2. The van der Waals surface area contributed by atoms with Crippen LogP contribution in [-0.2, 0) is 4.74 Å². The van der Waals surface area contributed by atoms with E-state index >= 15 is 0 Å². The standard InChI is InChI=1S/C17H15ClN4O2/c1-3-24-17(23)13-10-22(16-11(2)9-14(18)19-20-16)21-15(13)12-7-5-4-6-8-12/h4-10H,3H2,1-2H3. The van der Waals surface area contributed by atoms with Crippen LogP contribution in [0, 0.1) is 6.92 Å². The molecule has 0 radical (unpaired) electrons. The van der Waals surface area contributed by atoms with E-state index in [-0.39, 0.29) is 6.61 Å². The van der Waals surface area contributed by atoms with Gasteiger partial charge in [-0.25, -0.2) is 9.48 Å². The average molecular weight is 343 g/mol. The molecule has 0 aliphatic heterocycles. The van der Waals surface area contributed by atoms with Gasteiger partial charge in [-0.05, 0) is 25.5 Å². The third-order valence-corrected chi connectivity index (χ3v) is 3.59. The Morgan fingerprint density at radius 1 is 1.25 bits per heavy atom. The molecule has 122 valence electrons. The molecule has 0 N–H and O–H groups in total. The van der Waals surface area contributed by atoms with E-state index in [2.05, 4.69) is 15.3 Å². The Bertz CT molecular complexity index is 878. The molecule has 2 heterocycles. The first kappa shape index (κ1) is 16.1. The first-order valence-electron chi connectivity index (χ1n) is 7.42. The van der Waals surface area contributed by atoms with Gasteiger partial charge in [0.05, 0.1) is 6.61 Å². The molecule has 0 bridgehead atoms. The van der Waals surface area contributed by atoms with Gasteiger partial charge >= 0.3 is 5.97 Å². The Morgan fingerprint density at radius 2 is 2.00 bits per heavy atom. The van der Waals surface area contributed by atoms with Gasteiger partial charge in [0.2, 0.25) is 0 Å². The first-order valence-corrected chi connectivity index (χ1v) is 7.80. The van der Waals surface area contributed by atoms with E-state index in [0.717, 1.165) is 11.1 Å². The Kier molecular flexibility index (Phi) is 4.57. The van der Waals surface area contributed by atoms with E-state index in [0.29, 0.717) is 22.2 Å². The number of carbonyl (C=O) groups excluding carboxylic acids is 1. The van der Waals surface area contributed by atoms with Crippen molar-refractivity contribution in [2.24, 2.45) is 0 Å². The zero-order valence-electron chi connectivity index (χ0n) is 13.2. The molecule has 0 fully saturated rings. The lowest BCUT2D eigenvalue weighted by molar-refractivity contribution is 0.0527. The Morgan fingerprint density at radius 3 is 2.67 bits per heavy atom. The van der Waals surface area contributed by atoms with Gasteiger partial charge in [-0.15, -0.1) is 10.2 Å². The maximum absolute atomic E-state index is 12.3. The van der Waals surface area contributed by atoms with Crippen molar-refractivity contribution < 1.29 is 9.53 Å². The molecule has 0 amide bonds. The highest BCUT2D eigenvalue weighted by Gasteiger charge is 2.20. The van der Waals surface area contributed by atoms with Gasteiger partial charge < -0.3 is 4.74 Å². The fourth-order valence-electron chi connectivity index (χ4n) is 2.32. The summed E-state index contributed by atoms with van der Waals surface area (Å²) < 4.78 is 6.66. The summed E-state index contributed by atoms with van der Waals surface area (Å²) in [5.74, 6) is 0.0781. The van der Waals surface area contributed by atoms with Crippen molar-refractivity contribution in [1.82, 2.24) is 20.0 Å². The number of hydrogen-bond donors (Lipinski definition) is 0. The zero-order valence-corrected chi connectivity index (χ0v) is 14.0. The second-order valence-corrected chi connectivity index (χ2v) is 5.48. The summed E-state index contributed by atoms with van der Waals surface area (Å²) in [7, 11) is 0. The molecule has 1 aromatic carbocycles. The molecule has 0 unspecified atom stereocenters. The summed E-state index contributed by atoms with van der Waals surface area (Å²) >= 11 is 5.85. The summed E-state index contributed by atoms with van der Waals surface area (Å²) in [5, 5.41) is 12.7. The highest BCUT2D eigenvalue weighted by molar-refractivity contribution is 6.29. The van der Waals surface area contributed by atoms with Crippen molar-refractivity contribution >= 4 is 17.6 Å². The van der Waals surface area contributed by atoms with Gasteiger partial charge in [0.25, 0.3) is 0 Å². The second kappa shape index (κ2) is 6.80. The lowest BCUT2D eigenvalue weighted by atomic mass is 10.1. The smallest absolute Gasteiger partial charge is 0.342 e. The minimum Gasteiger partial charge on any atom is -0.462 e. The molecule has 0 aliphatic carbocycles. The third-order valence-electron chi connectivity index (χ3n) is 3.40. The number of rotatable bonds is 4. The van der Waals surface area contributed by atoms with E-state index in [4.69, 9.17) is 16.3 Å². The first-order chi connectivity index (χ1) is 11.6. The summed E-state index contributed by atoms with van der Waals surface area (Å²) in [5.41, 5.74) is 2.52. The van der Waals surface area contributed by atoms with Crippen LogP contribution in [0.25, 0.3) is 17.1 Å². The molecule has 0 saturated heterocycles. The number of hydrogen-bond acceptors (Lipinski definition) is 5. The Labute approximate surface area is 144 Å². The number of aryl methyl sites for hydroxylation is 1. The summed E-state index contributed by atoms with van der Waals surface area (Å²) in [4.78, 5) is 12.3. The van der Waals surface area contributed by atoms with Crippen molar-refractivity contribution in [3.8, 4) is 17.1 Å². The predicted molar refractivity (Wildman–Crippen MR) is 90.3 cm³/mol. The summed E-state index contributed by atoms with van der Waals surface area (Å²) in [6.07, 6.45) is 1.60. The summed E-state index contributed by atoms with van der Waals surface area (Å²) in [6, 6.07) is 11.1. The molecule has 0 aliphatic rings. The van der Waals surface area contributed by atoms with Gasteiger partial charge in [-0.3, -0.25) is 0 Å². The molecule has 2 aromatic heterocycles. The number of ether oxygens (including phenoxy) is 1. The van der Waals surface area contributed by atoms with Crippen LogP contribution in [0.2, 0.25) is 5.15 Å². The minimum absolute atomic E-state index is 0.290. The molecule has 24 heavy (non-hydrogen) atoms. The highest BCUT2D eigenvalue weighted by Crippen LogP contribution is 2.25. The number of benzene rings is 1. The molecule has 3 rings (SSSR count). The monoisotopic (exact) mass is 342 g/mol. The topological polar surface area (TPSA) is 69.9 Å². The molecule has 0 atom stereocenters. The zero-order chi connectivity index (χ0) is 17.1. The average Bonchev–Trinajstić information content (AvgIpc) is 3.01. The maximum Gasteiger partial charge on any atom is 0.342 e. The van der Waals surface area contributed by atoms with Crippen LogP contribution >= 0.6 is 11.6 Å². The Balaban J connectivity index is 2.14. The molecule has 0 saturated carbocycles. The third kappa shape index (κ3) is 3.14. The van der Waals surface area contributed by atoms with Crippen LogP contribution in [0.3, 0.4) is 0 Å². The quantitative estimate of drug-likeness (QED) is 0.679. The normalized spacial score (nSPS) is 10.6. The van der Waals surface area contributed by atoms with Crippen LogP contribution in [-0.4, -0.2) is 32.6 Å². The van der Waals surface area contributed by atoms with Gasteiger partial charge in [0.15, 0.2) is 11.0 Å². The lowest BCUT2D eigenvalue weighted by Crippen LogP contribution is -2.05. The van der Waals surface area contributed by atoms with Gasteiger partial charge in [0.1, 0.15) is 11.3 Å². The predicted octanol–water partition coefficient (Wildman–Crippen LogP) is 3.47. The minimum atomic E-state index is -0.429. The van der Waals surface area contributed by atoms with Gasteiger partial charge in [0, 0.05) is 11.8 Å². The van der Waals surface area contributed by atoms with Crippen molar-refractivity contribution in [2.75, 3.05) is 6.61 Å². The maximum atomic E-state index is 12.3. The van der Waals surface area contributed by atoms with Crippen LogP contribution < -0.4 is 0 Å². The van der Waals surface area contributed by atoms with E-state index in [1.165, 1.54) is 4.68 Å². The van der Waals surface area contributed by atoms with E-state index in [9.17, 15) is 4.79 Å².